The first-order valence-corrected chi connectivity index (χ1v) is 7.54. The lowest BCUT2D eigenvalue weighted by Gasteiger charge is -2.31. The molecule has 1 aromatic carbocycles. The number of hydrogen-bond donors (Lipinski definition) is 1. The van der Waals surface area contributed by atoms with Gasteiger partial charge in [-0.15, -0.1) is 0 Å². The summed E-state index contributed by atoms with van der Waals surface area (Å²) in [5.41, 5.74) is 2.77. The maximum Gasteiger partial charge on any atom is 0.0602 e. The van der Waals surface area contributed by atoms with Crippen LogP contribution in [0.1, 0.15) is 44.9 Å². The highest BCUT2D eigenvalue weighted by molar-refractivity contribution is 5.70. The summed E-state index contributed by atoms with van der Waals surface area (Å²) < 4.78 is 0. The molecular weight excluding hydrogens is 220 g/mol. The second-order valence-electron chi connectivity index (χ2n) is 5.69. The molecule has 0 radical (unpaired) electrons. The third-order valence-corrected chi connectivity index (χ3v) is 4.32. The molecule has 0 atom stereocenters. The third-order valence-electron chi connectivity index (χ3n) is 4.32. The van der Waals surface area contributed by atoms with E-state index in [0.29, 0.717) is 6.04 Å². The molecule has 1 aliphatic heterocycles. The number of anilines is 2. The predicted molar refractivity (Wildman–Crippen MR) is 78.4 cm³/mol. The van der Waals surface area contributed by atoms with Crippen LogP contribution < -0.4 is 10.2 Å². The SMILES string of the molecule is c1ccc(N2CCCCC2)c(NC2CCCC2)c1. The van der Waals surface area contributed by atoms with Gasteiger partial charge in [-0.05, 0) is 44.2 Å². The Morgan fingerprint density at radius 3 is 2.39 bits per heavy atom. The van der Waals surface area contributed by atoms with E-state index in [-0.39, 0.29) is 0 Å². The van der Waals surface area contributed by atoms with Crippen LogP contribution in [0.4, 0.5) is 11.4 Å². The number of hydrogen-bond acceptors (Lipinski definition) is 2. The maximum atomic E-state index is 3.77. The summed E-state index contributed by atoms with van der Waals surface area (Å²) in [7, 11) is 0. The Bertz CT molecular complexity index is 376. The number of piperidine rings is 1. The molecule has 1 heterocycles. The van der Waals surface area contributed by atoms with Crippen molar-refractivity contribution in [3.05, 3.63) is 24.3 Å². The van der Waals surface area contributed by atoms with Crippen LogP contribution >= 0.6 is 0 Å². The highest BCUT2D eigenvalue weighted by atomic mass is 15.2. The molecule has 1 aliphatic carbocycles. The van der Waals surface area contributed by atoms with Gasteiger partial charge in [0.25, 0.3) is 0 Å². The predicted octanol–water partition coefficient (Wildman–Crippen LogP) is 4.03. The minimum atomic E-state index is 0.705. The highest BCUT2D eigenvalue weighted by Crippen LogP contribution is 2.31. The number of nitrogens with one attached hydrogen (secondary N) is 1. The molecule has 2 heteroatoms. The van der Waals surface area contributed by atoms with Crippen molar-refractivity contribution in [3.8, 4) is 0 Å². The fraction of sp³-hybridized carbons (Fsp3) is 0.625. The van der Waals surface area contributed by atoms with Crippen LogP contribution in [0.3, 0.4) is 0 Å². The van der Waals surface area contributed by atoms with Gasteiger partial charge in [-0.3, -0.25) is 0 Å². The molecule has 0 amide bonds. The quantitative estimate of drug-likeness (QED) is 0.863. The average Bonchev–Trinajstić information content (AvgIpc) is 2.93. The largest absolute Gasteiger partial charge is 0.381 e. The Labute approximate surface area is 110 Å². The molecule has 2 nitrogen and oxygen atoms in total. The summed E-state index contributed by atoms with van der Waals surface area (Å²) in [6, 6.07) is 9.57. The lowest BCUT2D eigenvalue weighted by molar-refractivity contribution is 0.578. The summed E-state index contributed by atoms with van der Waals surface area (Å²) >= 11 is 0. The second-order valence-corrected chi connectivity index (χ2v) is 5.69. The number of nitrogens with zero attached hydrogens (tertiary/aromatic N) is 1. The standard InChI is InChI=1S/C16H24N2/c1-6-12-18(13-7-1)16-11-5-4-10-15(16)17-14-8-2-3-9-14/h4-5,10-11,14,17H,1-3,6-9,12-13H2. The van der Waals surface area contributed by atoms with Gasteiger partial charge in [0.15, 0.2) is 0 Å². The zero-order chi connectivity index (χ0) is 12.2. The van der Waals surface area contributed by atoms with Crippen molar-refractivity contribution in [3.63, 3.8) is 0 Å². The Morgan fingerprint density at radius 2 is 1.61 bits per heavy atom. The Kier molecular flexibility index (Phi) is 3.72. The minimum Gasteiger partial charge on any atom is -0.381 e. The molecule has 98 valence electrons. The Morgan fingerprint density at radius 1 is 0.889 bits per heavy atom. The molecule has 2 aliphatic rings. The lowest BCUT2D eigenvalue weighted by atomic mass is 10.1. The smallest absolute Gasteiger partial charge is 0.0602 e. The van der Waals surface area contributed by atoms with Crippen molar-refractivity contribution in [1.82, 2.24) is 0 Å². The molecule has 1 N–H and O–H groups in total. The van der Waals surface area contributed by atoms with Crippen molar-refractivity contribution >= 4 is 11.4 Å². The zero-order valence-corrected chi connectivity index (χ0v) is 11.2. The summed E-state index contributed by atoms with van der Waals surface area (Å²) in [4.78, 5) is 2.56. The van der Waals surface area contributed by atoms with Gasteiger partial charge in [-0.25, -0.2) is 0 Å². The van der Waals surface area contributed by atoms with Gasteiger partial charge in [0.2, 0.25) is 0 Å². The van der Waals surface area contributed by atoms with Gasteiger partial charge in [-0.2, -0.15) is 0 Å². The van der Waals surface area contributed by atoms with Crippen molar-refractivity contribution in [2.24, 2.45) is 0 Å². The molecule has 2 fully saturated rings. The van der Waals surface area contributed by atoms with Crippen molar-refractivity contribution in [2.45, 2.75) is 51.0 Å². The second kappa shape index (κ2) is 5.64. The van der Waals surface area contributed by atoms with E-state index in [2.05, 4.69) is 34.5 Å². The average molecular weight is 244 g/mol. The maximum absolute atomic E-state index is 3.77. The van der Waals surface area contributed by atoms with E-state index >= 15 is 0 Å². The van der Waals surface area contributed by atoms with Gasteiger partial charge in [-0.1, -0.05) is 25.0 Å². The summed E-state index contributed by atoms with van der Waals surface area (Å²) in [6.07, 6.45) is 9.56. The van der Waals surface area contributed by atoms with Gasteiger partial charge in [0.1, 0.15) is 0 Å². The molecule has 0 unspecified atom stereocenters. The molecule has 18 heavy (non-hydrogen) atoms. The summed E-state index contributed by atoms with van der Waals surface area (Å²) in [5, 5.41) is 3.77. The Hall–Kier alpha value is -1.18. The third kappa shape index (κ3) is 2.63. The molecule has 0 aromatic heterocycles. The van der Waals surface area contributed by atoms with Crippen LogP contribution in [0.2, 0.25) is 0 Å². The monoisotopic (exact) mass is 244 g/mol. The Balaban J connectivity index is 1.75. The normalized spacial score (nSPS) is 21.2. The fourth-order valence-electron chi connectivity index (χ4n) is 3.30. The van der Waals surface area contributed by atoms with E-state index in [1.807, 2.05) is 0 Å². The topological polar surface area (TPSA) is 15.3 Å². The van der Waals surface area contributed by atoms with Crippen LogP contribution in [0, 0.1) is 0 Å². The van der Waals surface area contributed by atoms with E-state index in [4.69, 9.17) is 0 Å². The first kappa shape index (κ1) is 11.9. The van der Waals surface area contributed by atoms with Crippen LogP contribution in [0.5, 0.6) is 0 Å². The molecular formula is C16H24N2. The van der Waals surface area contributed by atoms with Crippen molar-refractivity contribution < 1.29 is 0 Å². The minimum absolute atomic E-state index is 0.705. The zero-order valence-electron chi connectivity index (χ0n) is 11.2. The van der Waals surface area contributed by atoms with Crippen LogP contribution in [0.15, 0.2) is 24.3 Å². The molecule has 0 bridgehead atoms. The van der Waals surface area contributed by atoms with Crippen molar-refractivity contribution in [1.29, 1.82) is 0 Å². The molecule has 0 spiro atoms. The van der Waals surface area contributed by atoms with Crippen molar-refractivity contribution in [2.75, 3.05) is 23.3 Å². The van der Waals surface area contributed by atoms with E-state index in [1.165, 1.54) is 69.4 Å². The molecule has 1 saturated carbocycles. The number of para-hydroxylation sites is 2. The number of benzene rings is 1. The molecule has 1 saturated heterocycles. The van der Waals surface area contributed by atoms with Gasteiger partial charge in [0.05, 0.1) is 11.4 Å². The van der Waals surface area contributed by atoms with E-state index in [1.54, 1.807) is 0 Å². The summed E-state index contributed by atoms with van der Waals surface area (Å²) in [5.74, 6) is 0. The van der Waals surface area contributed by atoms with E-state index in [9.17, 15) is 0 Å². The van der Waals surface area contributed by atoms with E-state index < -0.39 is 0 Å². The lowest BCUT2D eigenvalue weighted by Crippen LogP contribution is -2.30. The first-order valence-electron chi connectivity index (χ1n) is 7.54. The highest BCUT2D eigenvalue weighted by Gasteiger charge is 2.18. The van der Waals surface area contributed by atoms with Crippen LogP contribution in [-0.2, 0) is 0 Å². The number of rotatable bonds is 3. The molecule has 3 rings (SSSR count). The first-order chi connectivity index (χ1) is 8.93. The summed E-state index contributed by atoms with van der Waals surface area (Å²) in [6.45, 7) is 2.45. The van der Waals surface area contributed by atoms with Crippen LogP contribution in [-0.4, -0.2) is 19.1 Å². The van der Waals surface area contributed by atoms with Gasteiger partial charge in [0, 0.05) is 19.1 Å². The van der Waals surface area contributed by atoms with Crippen LogP contribution in [0.25, 0.3) is 0 Å². The molecule has 1 aromatic rings. The van der Waals surface area contributed by atoms with Gasteiger partial charge < -0.3 is 10.2 Å². The van der Waals surface area contributed by atoms with E-state index in [0.717, 1.165) is 0 Å². The van der Waals surface area contributed by atoms with Gasteiger partial charge >= 0.3 is 0 Å². The fourth-order valence-corrected chi connectivity index (χ4v) is 3.30.